The van der Waals surface area contributed by atoms with Gasteiger partial charge >= 0.3 is 0 Å². The first-order valence-electron chi connectivity index (χ1n) is 7.62. The van der Waals surface area contributed by atoms with E-state index in [1.54, 1.807) is 0 Å². The van der Waals surface area contributed by atoms with Gasteiger partial charge in [-0.05, 0) is 31.6 Å². The lowest BCUT2D eigenvalue weighted by Crippen LogP contribution is -2.41. The Balaban J connectivity index is 1.81. The lowest BCUT2D eigenvalue weighted by atomic mass is 9.95. The van der Waals surface area contributed by atoms with Gasteiger partial charge in [-0.2, -0.15) is 0 Å². The van der Waals surface area contributed by atoms with Gasteiger partial charge in [-0.25, -0.2) is 0 Å². The highest BCUT2D eigenvalue weighted by atomic mass is 15.0. The van der Waals surface area contributed by atoms with E-state index in [-0.39, 0.29) is 0 Å². The summed E-state index contributed by atoms with van der Waals surface area (Å²) in [5.74, 6) is 0.908. The predicted molar refractivity (Wildman–Crippen MR) is 70.7 cm³/mol. The minimum absolute atomic E-state index is 0.825. The topological polar surface area (TPSA) is 12.0 Å². The van der Waals surface area contributed by atoms with Crippen molar-refractivity contribution >= 4 is 0 Å². The van der Waals surface area contributed by atoms with Gasteiger partial charge in [0.2, 0.25) is 0 Å². The molecule has 0 aromatic heterocycles. The first kappa shape index (κ1) is 12.4. The number of hydrogen-bond acceptors (Lipinski definition) is 1. The highest BCUT2D eigenvalue weighted by Gasteiger charge is 2.22. The molecule has 1 N–H and O–H groups in total. The molecule has 0 bridgehead atoms. The fourth-order valence-corrected chi connectivity index (χ4v) is 3.49. The van der Waals surface area contributed by atoms with Crippen LogP contribution in [-0.2, 0) is 0 Å². The van der Waals surface area contributed by atoms with Gasteiger partial charge in [0.05, 0.1) is 0 Å². The van der Waals surface area contributed by atoms with Crippen molar-refractivity contribution in [1.29, 1.82) is 0 Å². The molecule has 2 aliphatic carbocycles. The number of hydrogen-bond donors (Lipinski definition) is 1. The molecular formula is C15H29N. The van der Waals surface area contributed by atoms with Gasteiger partial charge in [0.1, 0.15) is 0 Å². The van der Waals surface area contributed by atoms with Crippen LogP contribution in [0, 0.1) is 5.92 Å². The van der Waals surface area contributed by atoms with Crippen molar-refractivity contribution in [3.8, 4) is 0 Å². The maximum atomic E-state index is 3.99. The van der Waals surface area contributed by atoms with Crippen LogP contribution in [0.3, 0.4) is 0 Å². The van der Waals surface area contributed by atoms with Crippen LogP contribution in [0.5, 0.6) is 0 Å². The Kier molecular flexibility index (Phi) is 5.15. The van der Waals surface area contributed by atoms with Crippen LogP contribution < -0.4 is 5.32 Å². The molecule has 0 spiro atoms. The van der Waals surface area contributed by atoms with Crippen LogP contribution in [0.2, 0.25) is 0 Å². The number of nitrogens with one attached hydrogen (secondary N) is 1. The molecular weight excluding hydrogens is 194 g/mol. The van der Waals surface area contributed by atoms with E-state index in [9.17, 15) is 0 Å². The van der Waals surface area contributed by atoms with Gasteiger partial charge < -0.3 is 5.32 Å². The highest BCUT2D eigenvalue weighted by Crippen LogP contribution is 2.25. The van der Waals surface area contributed by atoms with Gasteiger partial charge in [0, 0.05) is 12.1 Å². The van der Waals surface area contributed by atoms with Crippen molar-refractivity contribution in [3.05, 3.63) is 0 Å². The van der Waals surface area contributed by atoms with E-state index in [0.29, 0.717) is 0 Å². The van der Waals surface area contributed by atoms with Crippen LogP contribution in [0.15, 0.2) is 0 Å². The SMILES string of the molecule is CC1CCCCCC1NC1CCCCCC1. The molecule has 0 saturated heterocycles. The molecule has 16 heavy (non-hydrogen) atoms. The standard InChI is InChI=1S/C15H29N/c1-13-9-5-4-8-12-15(13)16-14-10-6-2-3-7-11-14/h13-16H,2-12H2,1H3. The molecule has 0 aromatic rings. The molecule has 0 amide bonds. The van der Waals surface area contributed by atoms with Gasteiger partial charge in [0.15, 0.2) is 0 Å². The van der Waals surface area contributed by atoms with Crippen LogP contribution in [-0.4, -0.2) is 12.1 Å². The Morgan fingerprint density at radius 2 is 1.25 bits per heavy atom. The quantitative estimate of drug-likeness (QED) is 0.689. The molecule has 94 valence electrons. The average molecular weight is 223 g/mol. The maximum Gasteiger partial charge on any atom is 0.00952 e. The summed E-state index contributed by atoms with van der Waals surface area (Å²) in [5, 5.41) is 3.99. The zero-order valence-electron chi connectivity index (χ0n) is 11.0. The third-order valence-electron chi connectivity index (χ3n) is 4.67. The summed E-state index contributed by atoms with van der Waals surface area (Å²) in [7, 11) is 0. The van der Waals surface area contributed by atoms with Crippen molar-refractivity contribution in [3.63, 3.8) is 0 Å². The predicted octanol–water partition coefficient (Wildman–Crippen LogP) is 4.27. The summed E-state index contributed by atoms with van der Waals surface area (Å²) < 4.78 is 0. The first-order valence-corrected chi connectivity index (χ1v) is 7.62. The lowest BCUT2D eigenvalue weighted by Gasteiger charge is -2.28. The maximum absolute atomic E-state index is 3.99. The van der Waals surface area contributed by atoms with E-state index in [0.717, 1.165) is 18.0 Å². The molecule has 2 fully saturated rings. The van der Waals surface area contributed by atoms with E-state index in [1.165, 1.54) is 70.6 Å². The van der Waals surface area contributed by atoms with Crippen LogP contribution in [0.1, 0.15) is 77.6 Å². The second-order valence-electron chi connectivity index (χ2n) is 6.08. The highest BCUT2D eigenvalue weighted by molar-refractivity contribution is 4.81. The summed E-state index contributed by atoms with van der Waals surface area (Å²) in [5.41, 5.74) is 0. The van der Waals surface area contributed by atoms with Crippen molar-refractivity contribution < 1.29 is 0 Å². The van der Waals surface area contributed by atoms with Crippen molar-refractivity contribution in [2.45, 2.75) is 89.6 Å². The largest absolute Gasteiger partial charge is 0.311 e. The average Bonchev–Trinajstić information content (AvgIpc) is 2.64. The Hall–Kier alpha value is -0.0400. The molecule has 1 heteroatoms. The van der Waals surface area contributed by atoms with E-state index in [2.05, 4.69) is 12.2 Å². The molecule has 2 rings (SSSR count). The second-order valence-corrected chi connectivity index (χ2v) is 6.08. The summed E-state index contributed by atoms with van der Waals surface area (Å²) in [4.78, 5) is 0. The Bertz CT molecular complexity index is 182. The van der Waals surface area contributed by atoms with Gasteiger partial charge in [0.25, 0.3) is 0 Å². The monoisotopic (exact) mass is 223 g/mol. The molecule has 2 saturated carbocycles. The zero-order chi connectivity index (χ0) is 11.2. The van der Waals surface area contributed by atoms with Crippen molar-refractivity contribution in [1.82, 2.24) is 5.32 Å². The van der Waals surface area contributed by atoms with Crippen LogP contribution in [0.4, 0.5) is 0 Å². The Morgan fingerprint density at radius 1 is 0.688 bits per heavy atom. The minimum Gasteiger partial charge on any atom is -0.311 e. The molecule has 0 aliphatic heterocycles. The summed E-state index contributed by atoms with van der Waals surface area (Å²) in [6.45, 7) is 2.46. The Morgan fingerprint density at radius 3 is 2.00 bits per heavy atom. The van der Waals surface area contributed by atoms with Crippen molar-refractivity contribution in [2.75, 3.05) is 0 Å². The molecule has 2 aliphatic rings. The molecule has 0 aromatic carbocycles. The smallest absolute Gasteiger partial charge is 0.00952 e. The summed E-state index contributed by atoms with van der Waals surface area (Å²) in [6, 6.07) is 1.67. The molecule has 0 heterocycles. The minimum atomic E-state index is 0.825. The molecule has 2 unspecified atom stereocenters. The number of rotatable bonds is 2. The van der Waals surface area contributed by atoms with Gasteiger partial charge in [-0.3, -0.25) is 0 Å². The lowest BCUT2D eigenvalue weighted by molar-refractivity contribution is 0.305. The molecule has 0 radical (unpaired) electrons. The molecule has 1 nitrogen and oxygen atoms in total. The van der Waals surface area contributed by atoms with E-state index >= 15 is 0 Å². The summed E-state index contributed by atoms with van der Waals surface area (Å²) >= 11 is 0. The van der Waals surface area contributed by atoms with Crippen molar-refractivity contribution in [2.24, 2.45) is 5.92 Å². The first-order chi connectivity index (χ1) is 7.86. The third-order valence-corrected chi connectivity index (χ3v) is 4.67. The Labute approximate surface area is 101 Å². The zero-order valence-corrected chi connectivity index (χ0v) is 11.0. The van der Waals surface area contributed by atoms with Crippen LogP contribution in [0.25, 0.3) is 0 Å². The second kappa shape index (κ2) is 6.64. The van der Waals surface area contributed by atoms with Gasteiger partial charge in [-0.15, -0.1) is 0 Å². The van der Waals surface area contributed by atoms with E-state index in [4.69, 9.17) is 0 Å². The normalized spacial score (nSPS) is 34.3. The third kappa shape index (κ3) is 3.76. The summed E-state index contributed by atoms with van der Waals surface area (Å²) in [6.07, 6.45) is 16.0. The van der Waals surface area contributed by atoms with E-state index in [1.807, 2.05) is 0 Å². The van der Waals surface area contributed by atoms with Gasteiger partial charge in [-0.1, -0.05) is 51.9 Å². The van der Waals surface area contributed by atoms with E-state index < -0.39 is 0 Å². The fraction of sp³-hybridized carbons (Fsp3) is 1.00. The van der Waals surface area contributed by atoms with Crippen LogP contribution >= 0.6 is 0 Å². The fourth-order valence-electron chi connectivity index (χ4n) is 3.49. The molecule has 2 atom stereocenters.